The summed E-state index contributed by atoms with van der Waals surface area (Å²) in [5.41, 5.74) is 1.96. The van der Waals surface area contributed by atoms with Gasteiger partial charge in [0.15, 0.2) is 0 Å². The van der Waals surface area contributed by atoms with E-state index in [2.05, 4.69) is 4.98 Å². The predicted molar refractivity (Wildman–Crippen MR) is 62.3 cm³/mol. The molecular formula is C13H13NO3. The summed E-state index contributed by atoms with van der Waals surface area (Å²) in [4.78, 5) is 14.4. The number of rotatable bonds is 4. The van der Waals surface area contributed by atoms with Gasteiger partial charge in [-0.25, -0.2) is 4.79 Å². The Morgan fingerprint density at radius 1 is 1.24 bits per heavy atom. The third-order valence-electron chi connectivity index (χ3n) is 2.36. The molecule has 0 aliphatic heterocycles. The number of aromatic nitrogens is 1. The molecule has 0 amide bonds. The molecule has 0 atom stereocenters. The minimum absolute atomic E-state index is 0.0948. The molecule has 0 aliphatic rings. The largest absolute Gasteiger partial charge is 0.456 e. The first-order valence-corrected chi connectivity index (χ1v) is 5.29. The van der Waals surface area contributed by atoms with Crippen LogP contribution in [0.2, 0.25) is 0 Å². The summed E-state index contributed by atoms with van der Waals surface area (Å²) >= 11 is 0. The number of hydrogen-bond acceptors (Lipinski definition) is 3. The number of carbonyl (C=O) groups excluding carboxylic acids is 1. The SMILES string of the molecule is O=C(OCc1ccccc1)c1cc(CO)c[nH]1. The summed E-state index contributed by atoms with van der Waals surface area (Å²) in [5, 5.41) is 8.87. The van der Waals surface area contributed by atoms with Gasteiger partial charge in [-0.05, 0) is 17.2 Å². The fourth-order valence-corrected chi connectivity index (χ4v) is 1.45. The van der Waals surface area contributed by atoms with E-state index in [-0.39, 0.29) is 13.2 Å². The Kier molecular flexibility index (Phi) is 3.57. The van der Waals surface area contributed by atoms with Crippen LogP contribution in [0.1, 0.15) is 21.6 Å². The molecule has 0 saturated carbocycles. The highest BCUT2D eigenvalue weighted by Crippen LogP contribution is 2.07. The topological polar surface area (TPSA) is 62.3 Å². The number of benzene rings is 1. The molecule has 0 aliphatic carbocycles. The summed E-state index contributed by atoms with van der Waals surface area (Å²) in [7, 11) is 0. The standard InChI is InChI=1S/C13H13NO3/c15-8-11-6-12(14-7-11)13(16)17-9-10-4-2-1-3-5-10/h1-7,14-15H,8-9H2. The lowest BCUT2D eigenvalue weighted by Crippen LogP contribution is -2.05. The Bertz CT molecular complexity index is 490. The van der Waals surface area contributed by atoms with Gasteiger partial charge in [0.1, 0.15) is 12.3 Å². The number of nitrogens with one attached hydrogen (secondary N) is 1. The number of aromatic amines is 1. The molecule has 2 aromatic rings. The van der Waals surface area contributed by atoms with Gasteiger partial charge in [0.2, 0.25) is 0 Å². The van der Waals surface area contributed by atoms with Gasteiger partial charge >= 0.3 is 5.97 Å². The number of carbonyl (C=O) groups is 1. The summed E-state index contributed by atoms with van der Waals surface area (Å²) in [6.45, 7) is 0.148. The Hall–Kier alpha value is -2.07. The third-order valence-corrected chi connectivity index (χ3v) is 2.36. The molecule has 2 rings (SSSR count). The van der Waals surface area contributed by atoms with Crippen molar-refractivity contribution in [3.05, 3.63) is 59.4 Å². The molecule has 4 nitrogen and oxygen atoms in total. The van der Waals surface area contributed by atoms with Crippen LogP contribution in [0.5, 0.6) is 0 Å². The van der Waals surface area contributed by atoms with E-state index in [0.717, 1.165) is 5.56 Å². The highest BCUT2D eigenvalue weighted by molar-refractivity contribution is 5.87. The van der Waals surface area contributed by atoms with Crippen LogP contribution in [0.15, 0.2) is 42.6 Å². The number of ether oxygens (including phenoxy) is 1. The van der Waals surface area contributed by atoms with E-state index < -0.39 is 5.97 Å². The van der Waals surface area contributed by atoms with Crippen molar-refractivity contribution in [1.82, 2.24) is 4.98 Å². The molecule has 0 unspecified atom stereocenters. The zero-order valence-electron chi connectivity index (χ0n) is 9.22. The van der Waals surface area contributed by atoms with Gasteiger partial charge in [0, 0.05) is 6.20 Å². The van der Waals surface area contributed by atoms with Crippen LogP contribution in [0.3, 0.4) is 0 Å². The average molecular weight is 231 g/mol. The minimum atomic E-state index is -0.423. The zero-order valence-corrected chi connectivity index (χ0v) is 9.22. The van der Waals surface area contributed by atoms with Crippen molar-refractivity contribution in [2.75, 3.05) is 0 Å². The highest BCUT2D eigenvalue weighted by Gasteiger charge is 2.09. The lowest BCUT2D eigenvalue weighted by Gasteiger charge is -2.02. The maximum atomic E-state index is 11.6. The van der Waals surface area contributed by atoms with Gasteiger partial charge < -0.3 is 14.8 Å². The van der Waals surface area contributed by atoms with Crippen LogP contribution >= 0.6 is 0 Å². The Morgan fingerprint density at radius 2 is 2.00 bits per heavy atom. The molecule has 0 spiro atoms. The molecular weight excluding hydrogens is 218 g/mol. The summed E-state index contributed by atoms with van der Waals surface area (Å²) in [6.07, 6.45) is 1.58. The zero-order chi connectivity index (χ0) is 12.1. The fraction of sp³-hybridized carbons (Fsp3) is 0.154. The van der Waals surface area contributed by atoms with E-state index in [9.17, 15) is 4.79 Å². The smallest absolute Gasteiger partial charge is 0.355 e. The van der Waals surface area contributed by atoms with E-state index in [1.165, 1.54) is 0 Å². The van der Waals surface area contributed by atoms with E-state index >= 15 is 0 Å². The Morgan fingerprint density at radius 3 is 2.65 bits per heavy atom. The molecule has 1 aromatic heterocycles. The summed E-state index contributed by atoms with van der Waals surface area (Å²) < 4.78 is 5.12. The fourth-order valence-electron chi connectivity index (χ4n) is 1.45. The van der Waals surface area contributed by atoms with Crippen molar-refractivity contribution in [2.24, 2.45) is 0 Å². The molecule has 0 radical (unpaired) electrons. The molecule has 1 aromatic carbocycles. The van der Waals surface area contributed by atoms with E-state index in [1.54, 1.807) is 12.3 Å². The lowest BCUT2D eigenvalue weighted by atomic mass is 10.2. The van der Waals surface area contributed by atoms with Crippen LogP contribution < -0.4 is 0 Å². The van der Waals surface area contributed by atoms with E-state index in [4.69, 9.17) is 9.84 Å². The Labute approximate surface area is 98.9 Å². The van der Waals surface area contributed by atoms with Crippen molar-refractivity contribution in [2.45, 2.75) is 13.2 Å². The molecule has 4 heteroatoms. The van der Waals surface area contributed by atoms with Crippen LogP contribution in [0.25, 0.3) is 0 Å². The average Bonchev–Trinajstić information content (AvgIpc) is 2.86. The van der Waals surface area contributed by atoms with Crippen LogP contribution in [-0.4, -0.2) is 16.1 Å². The van der Waals surface area contributed by atoms with Crippen molar-refractivity contribution < 1.29 is 14.6 Å². The molecule has 17 heavy (non-hydrogen) atoms. The van der Waals surface area contributed by atoms with E-state index in [0.29, 0.717) is 11.3 Å². The van der Waals surface area contributed by atoms with Crippen molar-refractivity contribution in [3.63, 3.8) is 0 Å². The number of H-pyrrole nitrogens is 1. The molecule has 0 bridgehead atoms. The molecule has 0 saturated heterocycles. The van der Waals surface area contributed by atoms with Gasteiger partial charge in [0.25, 0.3) is 0 Å². The first-order chi connectivity index (χ1) is 8.29. The number of aliphatic hydroxyl groups is 1. The first kappa shape index (κ1) is 11.4. The molecule has 1 heterocycles. The van der Waals surface area contributed by atoms with Crippen molar-refractivity contribution in [3.8, 4) is 0 Å². The minimum Gasteiger partial charge on any atom is -0.456 e. The third kappa shape index (κ3) is 2.95. The van der Waals surface area contributed by atoms with Gasteiger partial charge in [-0.15, -0.1) is 0 Å². The quantitative estimate of drug-likeness (QED) is 0.789. The molecule has 88 valence electrons. The van der Waals surface area contributed by atoms with Gasteiger partial charge in [-0.2, -0.15) is 0 Å². The second-order valence-electron chi connectivity index (χ2n) is 3.64. The molecule has 2 N–H and O–H groups in total. The maximum absolute atomic E-state index is 11.6. The van der Waals surface area contributed by atoms with Crippen LogP contribution in [-0.2, 0) is 18.0 Å². The maximum Gasteiger partial charge on any atom is 0.355 e. The van der Waals surface area contributed by atoms with Gasteiger partial charge in [-0.1, -0.05) is 30.3 Å². The van der Waals surface area contributed by atoms with Crippen molar-refractivity contribution >= 4 is 5.97 Å². The van der Waals surface area contributed by atoms with Gasteiger partial charge in [-0.3, -0.25) is 0 Å². The Balaban J connectivity index is 1.93. The first-order valence-electron chi connectivity index (χ1n) is 5.29. The second kappa shape index (κ2) is 5.32. The second-order valence-corrected chi connectivity index (χ2v) is 3.64. The highest BCUT2D eigenvalue weighted by atomic mass is 16.5. The van der Waals surface area contributed by atoms with E-state index in [1.807, 2.05) is 30.3 Å². The number of hydrogen-bond donors (Lipinski definition) is 2. The normalized spacial score (nSPS) is 10.2. The summed E-state index contributed by atoms with van der Waals surface area (Å²) in [5.74, 6) is -0.423. The number of aliphatic hydroxyl groups excluding tert-OH is 1. The van der Waals surface area contributed by atoms with Crippen LogP contribution in [0.4, 0.5) is 0 Å². The summed E-state index contributed by atoms with van der Waals surface area (Å²) in [6, 6.07) is 11.0. The van der Waals surface area contributed by atoms with Crippen molar-refractivity contribution in [1.29, 1.82) is 0 Å². The van der Waals surface area contributed by atoms with Crippen LogP contribution in [0, 0.1) is 0 Å². The monoisotopic (exact) mass is 231 g/mol. The predicted octanol–water partition coefficient (Wildman–Crippen LogP) is 1.86. The molecule has 0 fully saturated rings. The lowest BCUT2D eigenvalue weighted by molar-refractivity contribution is 0.0466. The number of esters is 1. The van der Waals surface area contributed by atoms with Gasteiger partial charge in [0.05, 0.1) is 6.61 Å².